The monoisotopic (exact) mass is 351 g/mol. The summed E-state index contributed by atoms with van der Waals surface area (Å²) in [5, 5.41) is 17.0. The van der Waals surface area contributed by atoms with E-state index in [1.165, 1.54) is 16.7 Å². The SMILES string of the molecule is CC(C(=O)O)(c1ccccc1)N1CCNC(c2ccc3c(c2)CNC3)C1. The van der Waals surface area contributed by atoms with Crippen molar-refractivity contribution in [2.45, 2.75) is 31.6 Å². The quantitative estimate of drug-likeness (QED) is 0.788. The molecule has 136 valence electrons. The molecule has 1 fully saturated rings. The van der Waals surface area contributed by atoms with E-state index in [1.54, 1.807) is 0 Å². The molecule has 2 unspecified atom stereocenters. The van der Waals surface area contributed by atoms with Gasteiger partial charge < -0.3 is 15.7 Å². The van der Waals surface area contributed by atoms with Gasteiger partial charge in [0.1, 0.15) is 5.54 Å². The van der Waals surface area contributed by atoms with Crippen LogP contribution in [0.15, 0.2) is 48.5 Å². The molecule has 1 saturated heterocycles. The Morgan fingerprint density at radius 3 is 2.69 bits per heavy atom. The predicted molar refractivity (Wildman–Crippen MR) is 101 cm³/mol. The number of piperazine rings is 1. The molecule has 0 amide bonds. The van der Waals surface area contributed by atoms with Gasteiger partial charge in [0.15, 0.2) is 0 Å². The van der Waals surface area contributed by atoms with Crippen LogP contribution >= 0.6 is 0 Å². The summed E-state index contributed by atoms with van der Waals surface area (Å²) in [6.07, 6.45) is 0. The fraction of sp³-hybridized carbons (Fsp3) is 0.381. The van der Waals surface area contributed by atoms with Crippen LogP contribution in [0.1, 0.15) is 35.2 Å². The Bertz CT molecular complexity index is 808. The average Bonchev–Trinajstić information content (AvgIpc) is 3.15. The van der Waals surface area contributed by atoms with Crippen molar-refractivity contribution in [2.75, 3.05) is 19.6 Å². The van der Waals surface area contributed by atoms with Gasteiger partial charge in [0, 0.05) is 38.8 Å². The van der Waals surface area contributed by atoms with Crippen LogP contribution in [0.25, 0.3) is 0 Å². The standard InChI is InChI=1S/C21H25N3O2/c1-21(20(25)26,18-5-3-2-4-6-18)24-10-9-23-19(14-24)15-7-8-16-12-22-13-17(16)11-15/h2-8,11,19,22-23H,9-10,12-14H2,1H3,(H,25,26). The summed E-state index contributed by atoms with van der Waals surface area (Å²) >= 11 is 0. The predicted octanol–water partition coefficient (Wildman–Crippen LogP) is 2.24. The van der Waals surface area contributed by atoms with Crippen LogP contribution in [-0.4, -0.2) is 35.6 Å². The van der Waals surface area contributed by atoms with Gasteiger partial charge in [0.25, 0.3) is 0 Å². The number of rotatable bonds is 4. The zero-order valence-corrected chi connectivity index (χ0v) is 15.0. The average molecular weight is 351 g/mol. The number of nitrogens with one attached hydrogen (secondary N) is 2. The minimum atomic E-state index is -1.03. The summed E-state index contributed by atoms with van der Waals surface area (Å²) in [5.74, 6) is -0.803. The van der Waals surface area contributed by atoms with Crippen LogP contribution in [0.5, 0.6) is 0 Å². The van der Waals surface area contributed by atoms with Gasteiger partial charge >= 0.3 is 5.97 Å². The summed E-state index contributed by atoms with van der Waals surface area (Å²) in [4.78, 5) is 14.3. The minimum Gasteiger partial charge on any atom is -0.480 e. The van der Waals surface area contributed by atoms with Gasteiger partial charge in [0.2, 0.25) is 0 Å². The number of carboxylic acid groups (broad SMARTS) is 1. The lowest BCUT2D eigenvalue weighted by Crippen LogP contribution is -2.57. The molecular formula is C21H25N3O2. The Hall–Kier alpha value is -2.21. The molecule has 0 saturated carbocycles. The number of fused-ring (bicyclic) bond motifs is 1. The smallest absolute Gasteiger partial charge is 0.328 e. The summed E-state index contributed by atoms with van der Waals surface area (Å²) in [6.45, 7) is 5.82. The van der Waals surface area contributed by atoms with Gasteiger partial charge in [-0.1, -0.05) is 48.5 Å². The van der Waals surface area contributed by atoms with Crippen LogP contribution in [0.4, 0.5) is 0 Å². The lowest BCUT2D eigenvalue weighted by atomic mass is 9.88. The molecule has 2 heterocycles. The molecule has 2 atom stereocenters. The van der Waals surface area contributed by atoms with Crippen molar-refractivity contribution in [3.8, 4) is 0 Å². The van der Waals surface area contributed by atoms with E-state index in [0.29, 0.717) is 13.1 Å². The highest BCUT2D eigenvalue weighted by Crippen LogP contribution is 2.32. The van der Waals surface area contributed by atoms with E-state index >= 15 is 0 Å². The fourth-order valence-electron chi connectivity index (χ4n) is 4.11. The highest BCUT2D eigenvalue weighted by molar-refractivity contribution is 5.80. The molecule has 0 aliphatic carbocycles. The van der Waals surface area contributed by atoms with Crippen molar-refractivity contribution in [1.82, 2.24) is 15.5 Å². The number of carboxylic acids is 1. The van der Waals surface area contributed by atoms with Crippen LogP contribution in [-0.2, 0) is 23.4 Å². The first-order valence-corrected chi connectivity index (χ1v) is 9.19. The lowest BCUT2D eigenvalue weighted by molar-refractivity contribution is -0.152. The second kappa shape index (κ2) is 6.83. The third-order valence-electron chi connectivity index (χ3n) is 5.82. The first-order valence-electron chi connectivity index (χ1n) is 9.19. The first-order chi connectivity index (χ1) is 12.6. The molecule has 0 radical (unpaired) electrons. The summed E-state index contributed by atoms with van der Waals surface area (Å²) in [5.41, 5.74) is 3.75. The van der Waals surface area contributed by atoms with E-state index in [4.69, 9.17) is 0 Å². The zero-order chi connectivity index (χ0) is 18.1. The number of carbonyl (C=O) groups is 1. The highest BCUT2D eigenvalue weighted by atomic mass is 16.4. The van der Waals surface area contributed by atoms with E-state index in [1.807, 2.05) is 37.3 Å². The molecule has 2 aromatic carbocycles. The Labute approximate surface area is 154 Å². The number of benzene rings is 2. The number of nitrogens with zero attached hydrogens (tertiary/aromatic N) is 1. The van der Waals surface area contributed by atoms with Gasteiger partial charge in [-0.05, 0) is 29.2 Å². The summed E-state index contributed by atoms with van der Waals surface area (Å²) < 4.78 is 0. The third kappa shape index (κ3) is 2.92. The molecule has 2 aliphatic rings. The van der Waals surface area contributed by atoms with E-state index in [0.717, 1.165) is 25.2 Å². The van der Waals surface area contributed by atoms with Gasteiger partial charge in [-0.15, -0.1) is 0 Å². The Balaban J connectivity index is 1.62. The van der Waals surface area contributed by atoms with Crippen molar-refractivity contribution in [3.05, 3.63) is 70.8 Å². The lowest BCUT2D eigenvalue weighted by Gasteiger charge is -2.43. The van der Waals surface area contributed by atoms with Crippen LogP contribution in [0.3, 0.4) is 0 Å². The second-order valence-corrected chi connectivity index (χ2v) is 7.33. The minimum absolute atomic E-state index is 0.136. The number of hydrogen-bond donors (Lipinski definition) is 3. The molecule has 0 aromatic heterocycles. The van der Waals surface area contributed by atoms with E-state index in [-0.39, 0.29) is 6.04 Å². The first kappa shape index (κ1) is 17.2. The number of hydrogen-bond acceptors (Lipinski definition) is 4. The molecular weight excluding hydrogens is 326 g/mol. The van der Waals surface area contributed by atoms with E-state index in [9.17, 15) is 9.90 Å². The van der Waals surface area contributed by atoms with Crippen molar-refractivity contribution in [1.29, 1.82) is 0 Å². The van der Waals surface area contributed by atoms with Crippen LogP contribution < -0.4 is 10.6 Å². The van der Waals surface area contributed by atoms with Crippen molar-refractivity contribution in [3.63, 3.8) is 0 Å². The van der Waals surface area contributed by atoms with Gasteiger partial charge in [-0.3, -0.25) is 4.90 Å². The maximum Gasteiger partial charge on any atom is 0.328 e. The zero-order valence-electron chi connectivity index (χ0n) is 15.0. The molecule has 0 bridgehead atoms. The van der Waals surface area contributed by atoms with E-state index < -0.39 is 11.5 Å². The van der Waals surface area contributed by atoms with E-state index in [2.05, 4.69) is 33.7 Å². The molecule has 2 aromatic rings. The number of aliphatic carboxylic acids is 1. The highest BCUT2D eigenvalue weighted by Gasteiger charge is 2.43. The Morgan fingerprint density at radius 2 is 1.92 bits per heavy atom. The Morgan fingerprint density at radius 1 is 1.15 bits per heavy atom. The van der Waals surface area contributed by atoms with Gasteiger partial charge in [0.05, 0.1) is 0 Å². The van der Waals surface area contributed by atoms with Crippen molar-refractivity contribution < 1.29 is 9.90 Å². The largest absolute Gasteiger partial charge is 0.480 e. The third-order valence-corrected chi connectivity index (χ3v) is 5.82. The normalized spacial score (nSPS) is 22.6. The Kier molecular flexibility index (Phi) is 4.53. The van der Waals surface area contributed by atoms with Crippen LogP contribution in [0, 0.1) is 0 Å². The fourth-order valence-corrected chi connectivity index (χ4v) is 4.11. The molecule has 5 nitrogen and oxygen atoms in total. The molecule has 26 heavy (non-hydrogen) atoms. The maximum absolute atomic E-state index is 12.2. The van der Waals surface area contributed by atoms with Crippen molar-refractivity contribution >= 4 is 5.97 Å². The molecule has 2 aliphatic heterocycles. The second-order valence-electron chi connectivity index (χ2n) is 7.33. The van der Waals surface area contributed by atoms with Crippen molar-refractivity contribution in [2.24, 2.45) is 0 Å². The molecule has 3 N–H and O–H groups in total. The summed E-state index contributed by atoms with van der Waals surface area (Å²) in [7, 11) is 0. The molecule has 0 spiro atoms. The maximum atomic E-state index is 12.2. The molecule has 5 heteroatoms. The topological polar surface area (TPSA) is 64.6 Å². The van der Waals surface area contributed by atoms with Crippen LogP contribution in [0.2, 0.25) is 0 Å². The summed E-state index contributed by atoms with van der Waals surface area (Å²) in [6, 6.07) is 16.3. The van der Waals surface area contributed by atoms with Gasteiger partial charge in [-0.25, -0.2) is 4.79 Å². The molecule has 4 rings (SSSR count). The van der Waals surface area contributed by atoms with Gasteiger partial charge in [-0.2, -0.15) is 0 Å².